The first kappa shape index (κ1) is 21.9. The summed E-state index contributed by atoms with van der Waals surface area (Å²) in [4.78, 5) is 23.0. The summed E-state index contributed by atoms with van der Waals surface area (Å²) in [7, 11) is 0. The van der Waals surface area contributed by atoms with Crippen LogP contribution < -0.4 is 0 Å². The molecule has 2 aromatic heterocycles. The predicted octanol–water partition coefficient (Wildman–Crippen LogP) is 6.05. The Kier molecular flexibility index (Phi) is 6.13. The number of hydrogen-bond acceptors (Lipinski definition) is 4. The Morgan fingerprint density at radius 3 is 2.77 bits per heavy atom. The number of piperidine rings is 1. The normalized spacial score (nSPS) is 17.2. The zero-order valence-corrected chi connectivity index (χ0v) is 19.5. The maximum Gasteiger partial charge on any atom is 0.410 e. The third kappa shape index (κ3) is 4.96. The molecule has 1 fully saturated rings. The lowest BCUT2D eigenvalue weighted by Crippen LogP contribution is -2.43. The van der Waals surface area contributed by atoms with Crippen molar-refractivity contribution in [1.29, 1.82) is 0 Å². The summed E-state index contributed by atoms with van der Waals surface area (Å²) in [6, 6.07) is 9.79. The minimum atomic E-state index is -0.508. The van der Waals surface area contributed by atoms with Crippen LogP contribution in [0.5, 0.6) is 0 Å². The molecule has 0 N–H and O–H groups in total. The first-order valence-electron chi connectivity index (χ1n) is 10.5. The minimum Gasteiger partial charge on any atom is -0.444 e. The lowest BCUT2D eigenvalue weighted by atomic mass is 9.98. The van der Waals surface area contributed by atoms with Gasteiger partial charge in [-0.1, -0.05) is 29.8 Å². The molecule has 1 aromatic carbocycles. The van der Waals surface area contributed by atoms with Crippen LogP contribution in [-0.4, -0.2) is 44.2 Å². The van der Waals surface area contributed by atoms with Gasteiger partial charge in [0.1, 0.15) is 11.2 Å². The van der Waals surface area contributed by atoms with Crippen LogP contribution in [0.2, 0.25) is 10.3 Å². The predicted molar refractivity (Wildman–Crippen MR) is 124 cm³/mol. The summed E-state index contributed by atoms with van der Waals surface area (Å²) < 4.78 is 7.73. The highest BCUT2D eigenvalue weighted by atomic mass is 35.5. The second kappa shape index (κ2) is 8.67. The van der Waals surface area contributed by atoms with E-state index in [0.29, 0.717) is 24.7 Å². The number of carbonyl (C=O) groups excluding carboxylic acids is 1. The molecule has 0 bridgehead atoms. The summed E-state index contributed by atoms with van der Waals surface area (Å²) in [5.74, 6) is 0.256. The summed E-state index contributed by atoms with van der Waals surface area (Å²) in [5.41, 5.74) is 2.15. The Morgan fingerprint density at radius 2 is 2.03 bits per heavy atom. The number of aromatic nitrogens is 3. The molecule has 8 heteroatoms. The van der Waals surface area contributed by atoms with Gasteiger partial charge in [0.15, 0.2) is 0 Å². The average Bonchev–Trinajstić information content (AvgIpc) is 3.05. The molecule has 31 heavy (non-hydrogen) atoms. The molecule has 0 saturated carbocycles. The fraction of sp³-hybridized carbons (Fsp3) is 0.435. The van der Waals surface area contributed by atoms with E-state index in [0.717, 1.165) is 35.1 Å². The monoisotopic (exact) mass is 460 g/mol. The number of fused-ring (bicyclic) bond motifs is 1. The quantitative estimate of drug-likeness (QED) is 0.446. The zero-order valence-electron chi connectivity index (χ0n) is 17.9. The van der Waals surface area contributed by atoms with Crippen LogP contribution in [0, 0.1) is 5.92 Å². The van der Waals surface area contributed by atoms with E-state index in [9.17, 15) is 4.79 Å². The highest BCUT2D eigenvalue weighted by molar-refractivity contribution is 6.33. The van der Waals surface area contributed by atoms with Crippen molar-refractivity contribution in [3.63, 3.8) is 0 Å². The van der Waals surface area contributed by atoms with E-state index >= 15 is 0 Å². The van der Waals surface area contributed by atoms with E-state index in [1.165, 1.54) is 0 Å². The maximum atomic E-state index is 12.6. The third-order valence-electron chi connectivity index (χ3n) is 5.37. The number of amides is 1. The van der Waals surface area contributed by atoms with Gasteiger partial charge >= 0.3 is 6.09 Å². The summed E-state index contributed by atoms with van der Waals surface area (Å²) in [6.07, 6.45) is 3.42. The number of benzene rings is 1. The lowest BCUT2D eigenvalue weighted by Gasteiger charge is -2.34. The molecule has 0 aliphatic carbocycles. The first-order valence-corrected chi connectivity index (χ1v) is 11.2. The fourth-order valence-corrected chi connectivity index (χ4v) is 4.42. The Balaban J connectivity index is 1.66. The Bertz CT molecular complexity index is 1110. The summed E-state index contributed by atoms with van der Waals surface area (Å²) >= 11 is 12.6. The molecule has 0 unspecified atom stereocenters. The maximum absolute atomic E-state index is 12.6. The van der Waals surface area contributed by atoms with E-state index < -0.39 is 5.60 Å². The van der Waals surface area contributed by atoms with Gasteiger partial charge < -0.3 is 14.2 Å². The van der Waals surface area contributed by atoms with E-state index in [2.05, 4.69) is 14.5 Å². The molecular weight excluding hydrogens is 435 g/mol. The number of rotatable bonds is 3. The van der Waals surface area contributed by atoms with Crippen molar-refractivity contribution in [3.8, 4) is 11.3 Å². The van der Waals surface area contributed by atoms with Gasteiger partial charge in [-0.15, -0.1) is 0 Å². The fourth-order valence-electron chi connectivity index (χ4n) is 4.06. The first-order chi connectivity index (χ1) is 14.7. The largest absolute Gasteiger partial charge is 0.444 e. The standard InChI is InChI=1S/C23H26Cl2N4O2/c1-23(2,3)31-22(30)28-10-6-7-15(13-28)14-29-19(17-8-4-5-9-18(17)24)11-16-12-26-21(25)27-20(16)29/h4-5,8-9,11-12,15H,6-7,10,13-14H2,1-3H3/t15-/m1/s1. The average molecular weight is 461 g/mol. The number of nitrogens with zero attached hydrogens (tertiary/aromatic N) is 4. The molecule has 164 valence electrons. The number of hydrogen-bond donors (Lipinski definition) is 0. The highest BCUT2D eigenvalue weighted by Crippen LogP contribution is 2.34. The van der Waals surface area contributed by atoms with Crippen molar-refractivity contribution in [3.05, 3.63) is 46.8 Å². The number of likely N-dealkylation sites (tertiary alicyclic amines) is 1. The summed E-state index contributed by atoms with van der Waals surface area (Å²) in [5, 5.41) is 1.78. The molecule has 3 heterocycles. The van der Waals surface area contributed by atoms with Gasteiger partial charge in [0.25, 0.3) is 0 Å². The minimum absolute atomic E-state index is 0.205. The second-order valence-electron chi connectivity index (χ2n) is 8.97. The van der Waals surface area contributed by atoms with E-state index in [1.807, 2.05) is 56.0 Å². The van der Waals surface area contributed by atoms with Gasteiger partial charge in [0, 0.05) is 41.8 Å². The zero-order chi connectivity index (χ0) is 22.2. The Hall–Kier alpha value is -2.31. The molecule has 1 atom stereocenters. The van der Waals surface area contributed by atoms with Gasteiger partial charge in [-0.05, 0) is 63.3 Å². The van der Waals surface area contributed by atoms with Gasteiger partial charge in [-0.2, -0.15) is 4.98 Å². The van der Waals surface area contributed by atoms with E-state index in [4.69, 9.17) is 27.9 Å². The van der Waals surface area contributed by atoms with Crippen LogP contribution in [0.25, 0.3) is 22.3 Å². The van der Waals surface area contributed by atoms with Gasteiger partial charge in [0.2, 0.25) is 5.28 Å². The molecular formula is C23H26Cl2N4O2. The summed E-state index contributed by atoms with van der Waals surface area (Å²) in [6.45, 7) is 7.70. The van der Waals surface area contributed by atoms with Crippen molar-refractivity contribution in [2.24, 2.45) is 5.92 Å². The van der Waals surface area contributed by atoms with Crippen LogP contribution in [-0.2, 0) is 11.3 Å². The van der Waals surface area contributed by atoms with Crippen molar-refractivity contribution >= 4 is 40.3 Å². The smallest absolute Gasteiger partial charge is 0.410 e. The molecule has 1 aliphatic heterocycles. The van der Waals surface area contributed by atoms with Crippen molar-refractivity contribution in [2.45, 2.75) is 45.8 Å². The molecule has 1 aliphatic rings. The molecule has 1 saturated heterocycles. The van der Waals surface area contributed by atoms with Gasteiger partial charge in [-0.3, -0.25) is 0 Å². The van der Waals surface area contributed by atoms with Gasteiger partial charge in [-0.25, -0.2) is 9.78 Å². The second-order valence-corrected chi connectivity index (χ2v) is 9.72. The van der Waals surface area contributed by atoms with Crippen LogP contribution in [0.3, 0.4) is 0 Å². The van der Waals surface area contributed by atoms with Crippen molar-refractivity contribution in [1.82, 2.24) is 19.4 Å². The van der Waals surface area contributed by atoms with Crippen LogP contribution in [0.4, 0.5) is 4.79 Å². The molecule has 3 aromatic rings. The molecule has 1 amide bonds. The number of carbonyl (C=O) groups is 1. The molecule has 4 rings (SSSR count). The molecule has 0 radical (unpaired) electrons. The van der Waals surface area contributed by atoms with E-state index in [-0.39, 0.29) is 17.3 Å². The Labute approximate surface area is 192 Å². The topological polar surface area (TPSA) is 60.2 Å². The van der Waals surface area contributed by atoms with Crippen molar-refractivity contribution < 1.29 is 9.53 Å². The van der Waals surface area contributed by atoms with Crippen molar-refractivity contribution in [2.75, 3.05) is 13.1 Å². The van der Waals surface area contributed by atoms with Crippen LogP contribution in [0.1, 0.15) is 33.6 Å². The molecule has 0 spiro atoms. The highest BCUT2D eigenvalue weighted by Gasteiger charge is 2.29. The number of ether oxygens (including phenoxy) is 1. The molecule has 6 nitrogen and oxygen atoms in total. The van der Waals surface area contributed by atoms with Gasteiger partial charge in [0.05, 0.1) is 5.69 Å². The SMILES string of the molecule is CC(C)(C)OC(=O)N1CCC[C@@H](Cn2c(-c3ccccc3Cl)cc3cnc(Cl)nc32)C1. The van der Waals surface area contributed by atoms with Crippen LogP contribution >= 0.6 is 23.2 Å². The lowest BCUT2D eigenvalue weighted by molar-refractivity contribution is 0.0158. The Morgan fingerprint density at radius 1 is 1.26 bits per heavy atom. The van der Waals surface area contributed by atoms with E-state index in [1.54, 1.807) is 6.20 Å². The van der Waals surface area contributed by atoms with Crippen LogP contribution in [0.15, 0.2) is 36.5 Å². The third-order valence-corrected chi connectivity index (χ3v) is 5.88. The number of halogens is 2.